The lowest BCUT2D eigenvalue weighted by molar-refractivity contribution is -0.116. The minimum atomic E-state index is -0.0187. The summed E-state index contributed by atoms with van der Waals surface area (Å²) in [6.07, 6.45) is 2.10. The maximum atomic E-state index is 11.9. The molecule has 0 saturated heterocycles. The number of aromatic amines is 1. The molecule has 2 N–H and O–H groups in total. The normalized spacial score (nSPS) is 10.5. The van der Waals surface area contributed by atoms with Gasteiger partial charge in [0.1, 0.15) is 5.82 Å². The van der Waals surface area contributed by atoms with E-state index in [-0.39, 0.29) is 5.91 Å². The molecule has 0 atom stereocenters. The highest BCUT2D eigenvalue weighted by Gasteiger charge is 2.11. The van der Waals surface area contributed by atoms with Gasteiger partial charge in [0, 0.05) is 17.9 Å². The first-order chi connectivity index (χ1) is 9.70. The summed E-state index contributed by atoms with van der Waals surface area (Å²) in [6, 6.07) is 7.50. The number of unbranched alkanes of at least 4 members (excludes halogenated alkanes) is 1. The van der Waals surface area contributed by atoms with Gasteiger partial charge in [-0.3, -0.25) is 9.89 Å². The van der Waals surface area contributed by atoms with Crippen LogP contribution in [0.3, 0.4) is 0 Å². The maximum absolute atomic E-state index is 11.9. The minimum Gasteiger partial charge on any atom is -0.325 e. The molecule has 0 aliphatic rings. The highest BCUT2D eigenvalue weighted by molar-refractivity contribution is 6.17. The average molecular weight is 293 g/mol. The van der Waals surface area contributed by atoms with Crippen LogP contribution in [-0.4, -0.2) is 27.0 Å². The monoisotopic (exact) mass is 292 g/mol. The molecule has 1 aromatic heterocycles. The number of rotatable bonds is 6. The SMILES string of the molecule is Cc1nc(-c2ccccc2NC(=O)CCCCCl)n[nH]1. The number of carbonyl (C=O) groups excluding carboxylic acids is 1. The van der Waals surface area contributed by atoms with Crippen LogP contribution in [0.2, 0.25) is 0 Å². The maximum Gasteiger partial charge on any atom is 0.224 e. The fourth-order valence-corrected chi connectivity index (χ4v) is 2.03. The lowest BCUT2D eigenvalue weighted by atomic mass is 10.1. The predicted molar refractivity (Wildman–Crippen MR) is 79.8 cm³/mol. The first-order valence-electron chi connectivity index (χ1n) is 6.55. The second-order valence-electron chi connectivity index (χ2n) is 4.48. The first-order valence-corrected chi connectivity index (χ1v) is 7.08. The molecule has 0 aliphatic heterocycles. The largest absolute Gasteiger partial charge is 0.325 e. The van der Waals surface area contributed by atoms with Crippen molar-refractivity contribution in [1.82, 2.24) is 15.2 Å². The molecule has 0 unspecified atom stereocenters. The second kappa shape index (κ2) is 7.05. The third kappa shape index (κ3) is 3.81. The van der Waals surface area contributed by atoms with Crippen LogP contribution in [0.25, 0.3) is 11.4 Å². The zero-order valence-electron chi connectivity index (χ0n) is 11.3. The van der Waals surface area contributed by atoms with E-state index >= 15 is 0 Å². The highest BCUT2D eigenvalue weighted by Crippen LogP contribution is 2.24. The van der Waals surface area contributed by atoms with Crippen LogP contribution in [0.1, 0.15) is 25.1 Å². The molecule has 1 aromatic carbocycles. The molecule has 1 heterocycles. The summed E-state index contributed by atoms with van der Waals surface area (Å²) in [7, 11) is 0. The Labute approximate surface area is 122 Å². The average Bonchev–Trinajstić information content (AvgIpc) is 2.86. The molecule has 5 nitrogen and oxygen atoms in total. The third-order valence-corrected chi connectivity index (χ3v) is 3.09. The number of aromatic nitrogens is 3. The number of anilines is 1. The Balaban J connectivity index is 2.10. The summed E-state index contributed by atoms with van der Waals surface area (Å²) in [5.41, 5.74) is 1.53. The van der Waals surface area contributed by atoms with Crippen molar-refractivity contribution in [3.8, 4) is 11.4 Å². The van der Waals surface area contributed by atoms with E-state index in [1.165, 1.54) is 0 Å². The van der Waals surface area contributed by atoms with Crippen LogP contribution in [0.4, 0.5) is 5.69 Å². The molecule has 1 amide bonds. The van der Waals surface area contributed by atoms with Crippen molar-refractivity contribution < 1.29 is 4.79 Å². The van der Waals surface area contributed by atoms with Gasteiger partial charge >= 0.3 is 0 Å². The van der Waals surface area contributed by atoms with E-state index in [0.717, 1.165) is 29.9 Å². The van der Waals surface area contributed by atoms with Crippen LogP contribution in [-0.2, 0) is 4.79 Å². The van der Waals surface area contributed by atoms with Gasteiger partial charge in [-0.2, -0.15) is 5.10 Å². The van der Waals surface area contributed by atoms with Crippen molar-refractivity contribution in [2.75, 3.05) is 11.2 Å². The Morgan fingerprint density at radius 2 is 2.15 bits per heavy atom. The quantitative estimate of drug-likeness (QED) is 0.635. The zero-order valence-corrected chi connectivity index (χ0v) is 12.1. The number of halogens is 1. The number of aryl methyl sites for hydroxylation is 1. The molecule has 2 rings (SSSR count). The van der Waals surface area contributed by atoms with Gasteiger partial charge < -0.3 is 5.32 Å². The number of H-pyrrole nitrogens is 1. The molecule has 0 fully saturated rings. The Bertz CT molecular complexity index is 582. The van der Waals surface area contributed by atoms with Gasteiger partial charge in [-0.15, -0.1) is 11.6 Å². The molecule has 6 heteroatoms. The van der Waals surface area contributed by atoms with Crippen LogP contribution < -0.4 is 5.32 Å². The molecule has 0 spiro atoms. The van der Waals surface area contributed by atoms with Gasteiger partial charge in [0.2, 0.25) is 5.91 Å². The van der Waals surface area contributed by atoms with Crippen molar-refractivity contribution in [2.24, 2.45) is 0 Å². The smallest absolute Gasteiger partial charge is 0.224 e. The number of hydrogen-bond acceptors (Lipinski definition) is 3. The van der Waals surface area contributed by atoms with Gasteiger partial charge in [0.05, 0.1) is 5.69 Å². The van der Waals surface area contributed by atoms with Crippen LogP contribution in [0.15, 0.2) is 24.3 Å². The summed E-state index contributed by atoms with van der Waals surface area (Å²) in [6.45, 7) is 1.84. The number of nitrogens with one attached hydrogen (secondary N) is 2. The van der Waals surface area contributed by atoms with Crippen molar-refractivity contribution in [2.45, 2.75) is 26.2 Å². The van der Waals surface area contributed by atoms with Crippen molar-refractivity contribution in [1.29, 1.82) is 0 Å². The Kier molecular flexibility index (Phi) is 5.12. The number of carbonyl (C=O) groups is 1. The molecule has 0 radical (unpaired) electrons. The summed E-state index contributed by atoms with van der Waals surface area (Å²) in [4.78, 5) is 16.2. The van der Waals surface area contributed by atoms with E-state index in [0.29, 0.717) is 18.1 Å². The topological polar surface area (TPSA) is 70.7 Å². The summed E-state index contributed by atoms with van der Waals surface area (Å²) >= 11 is 5.60. The van der Waals surface area contributed by atoms with E-state index in [2.05, 4.69) is 20.5 Å². The molecule has 0 saturated carbocycles. The molecule has 20 heavy (non-hydrogen) atoms. The van der Waals surface area contributed by atoms with Crippen LogP contribution in [0, 0.1) is 6.92 Å². The molecule has 0 bridgehead atoms. The molecule has 106 valence electrons. The first kappa shape index (κ1) is 14.5. The minimum absolute atomic E-state index is 0.0187. The molecular formula is C14H17ClN4O. The molecule has 0 aliphatic carbocycles. The zero-order chi connectivity index (χ0) is 14.4. The van der Waals surface area contributed by atoms with E-state index < -0.39 is 0 Å². The summed E-state index contributed by atoms with van der Waals surface area (Å²) < 4.78 is 0. The van der Waals surface area contributed by atoms with Crippen LogP contribution >= 0.6 is 11.6 Å². The fraction of sp³-hybridized carbons (Fsp3) is 0.357. The van der Waals surface area contributed by atoms with Gasteiger partial charge in [0.15, 0.2) is 5.82 Å². The number of nitrogens with zero attached hydrogens (tertiary/aromatic N) is 2. The Morgan fingerprint density at radius 3 is 2.85 bits per heavy atom. The Hall–Kier alpha value is -1.88. The van der Waals surface area contributed by atoms with Crippen molar-refractivity contribution >= 4 is 23.2 Å². The number of amides is 1. The lowest BCUT2D eigenvalue weighted by Crippen LogP contribution is -2.12. The van der Waals surface area contributed by atoms with Gasteiger partial charge in [-0.05, 0) is 31.9 Å². The summed E-state index contributed by atoms with van der Waals surface area (Å²) in [5.74, 6) is 1.89. The van der Waals surface area contributed by atoms with Crippen molar-refractivity contribution in [3.63, 3.8) is 0 Å². The van der Waals surface area contributed by atoms with E-state index in [4.69, 9.17) is 11.6 Å². The van der Waals surface area contributed by atoms with Crippen molar-refractivity contribution in [3.05, 3.63) is 30.1 Å². The molecular weight excluding hydrogens is 276 g/mol. The van der Waals surface area contributed by atoms with E-state index in [1.54, 1.807) is 0 Å². The van der Waals surface area contributed by atoms with Crippen LogP contribution in [0.5, 0.6) is 0 Å². The van der Waals surface area contributed by atoms with E-state index in [9.17, 15) is 4.79 Å². The number of benzene rings is 1. The van der Waals surface area contributed by atoms with Gasteiger partial charge in [0.25, 0.3) is 0 Å². The number of alkyl halides is 1. The van der Waals surface area contributed by atoms with Gasteiger partial charge in [-0.25, -0.2) is 4.98 Å². The highest BCUT2D eigenvalue weighted by atomic mass is 35.5. The number of hydrogen-bond donors (Lipinski definition) is 2. The van der Waals surface area contributed by atoms with Gasteiger partial charge in [-0.1, -0.05) is 12.1 Å². The standard InChI is InChI=1S/C14H17ClN4O/c1-10-16-14(19-18-10)11-6-2-3-7-12(11)17-13(20)8-4-5-9-15/h2-3,6-7H,4-5,8-9H2,1H3,(H,17,20)(H,16,18,19). The third-order valence-electron chi connectivity index (χ3n) is 2.83. The predicted octanol–water partition coefficient (Wildman–Crippen LogP) is 3.13. The molecule has 2 aromatic rings. The Morgan fingerprint density at radius 1 is 1.35 bits per heavy atom. The summed E-state index contributed by atoms with van der Waals surface area (Å²) in [5, 5.41) is 9.83. The lowest BCUT2D eigenvalue weighted by Gasteiger charge is -2.08. The number of para-hydroxylation sites is 1. The second-order valence-corrected chi connectivity index (χ2v) is 4.86. The fourth-order valence-electron chi connectivity index (χ4n) is 1.84. The van der Waals surface area contributed by atoms with E-state index in [1.807, 2.05) is 31.2 Å².